The van der Waals surface area contributed by atoms with Crippen LogP contribution in [-0.4, -0.2) is 24.6 Å². The first kappa shape index (κ1) is 21.2. The van der Waals surface area contributed by atoms with Crippen molar-refractivity contribution in [3.63, 3.8) is 0 Å². The number of fused-ring (bicyclic) bond motifs is 2. The van der Waals surface area contributed by atoms with Gasteiger partial charge in [0.15, 0.2) is 16.9 Å². The van der Waals surface area contributed by atoms with E-state index in [1.807, 2.05) is 13.0 Å². The molecule has 0 radical (unpaired) electrons. The average Bonchev–Trinajstić information content (AvgIpc) is 3.13. The van der Waals surface area contributed by atoms with E-state index in [2.05, 4.69) is 20.9 Å². The lowest BCUT2D eigenvalue weighted by molar-refractivity contribution is 0.0970. The molecular formula is C25H19BrN2O5. The average molecular weight is 507 g/mol. The molecule has 5 rings (SSSR count). The lowest BCUT2D eigenvalue weighted by atomic mass is 9.98. The Labute approximate surface area is 197 Å². The third-order valence-electron chi connectivity index (χ3n) is 5.53. The highest BCUT2D eigenvalue weighted by Gasteiger charge is 2.44. The van der Waals surface area contributed by atoms with Gasteiger partial charge in [0.25, 0.3) is 5.91 Å². The van der Waals surface area contributed by atoms with Gasteiger partial charge in [0.2, 0.25) is 5.76 Å². The van der Waals surface area contributed by atoms with Crippen LogP contribution in [0.5, 0.6) is 11.5 Å². The van der Waals surface area contributed by atoms with Crippen molar-refractivity contribution in [3.8, 4) is 11.5 Å². The number of pyridine rings is 1. The number of halogens is 1. The second-order valence-corrected chi connectivity index (χ2v) is 8.34. The lowest BCUT2D eigenvalue weighted by Crippen LogP contribution is -2.30. The Morgan fingerprint density at radius 1 is 1.09 bits per heavy atom. The van der Waals surface area contributed by atoms with E-state index in [-0.39, 0.29) is 16.8 Å². The molecule has 1 amide bonds. The molecule has 1 aliphatic heterocycles. The van der Waals surface area contributed by atoms with Gasteiger partial charge in [-0.1, -0.05) is 28.1 Å². The van der Waals surface area contributed by atoms with E-state index in [0.29, 0.717) is 40.5 Å². The monoisotopic (exact) mass is 506 g/mol. The van der Waals surface area contributed by atoms with Gasteiger partial charge in [-0.25, -0.2) is 4.98 Å². The maximum atomic E-state index is 13.7. The van der Waals surface area contributed by atoms with Gasteiger partial charge in [0, 0.05) is 10.7 Å². The molecule has 0 saturated carbocycles. The van der Waals surface area contributed by atoms with Crippen molar-refractivity contribution in [1.29, 1.82) is 0 Å². The number of methoxy groups -OCH3 is 1. The number of hydrogen-bond donors (Lipinski definition) is 0. The Bertz CT molecular complexity index is 1430. The zero-order valence-electron chi connectivity index (χ0n) is 17.9. The number of hydrogen-bond acceptors (Lipinski definition) is 6. The van der Waals surface area contributed by atoms with Crippen LogP contribution in [0.3, 0.4) is 0 Å². The predicted molar refractivity (Wildman–Crippen MR) is 127 cm³/mol. The van der Waals surface area contributed by atoms with Crippen molar-refractivity contribution in [2.75, 3.05) is 18.6 Å². The zero-order chi connectivity index (χ0) is 23.1. The number of amides is 1. The Hall–Kier alpha value is -3.65. The van der Waals surface area contributed by atoms with Gasteiger partial charge in [-0.15, -0.1) is 0 Å². The van der Waals surface area contributed by atoms with E-state index in [1.165, 1.54) is 4.90 Å². The molecule has 0 spiro atoms. The molecule has 7 nitrogen and oxygen atoms in total. The highest BCUT2D eigenvalue weighted by atomic mass is 79.9. The molecule has 1 unspecified atom stereocenters. The van der Waals surface area contributed by atoms with Crippen molar-refractivity contribution in [2.24, 2.45) is 0 Å². The number of aromatic nitrogens is 1. The van der Waals surface area contributed by atoms with Gasteiger partial charge in [-0.3, -0.25) is 14.5 Å². The van der Waals surface area contributed by atoms with Crippen LogP contribution in [0.2, 0.25) is 0 Å². The summed E-state index contributed by atoms with van der Waals surface area (Å²) >= 11 is 3.41. The fourth-order valence-electron chi connectivity index (χ4n) is 4.12. The quantitative estimate of drug-likeness (QED) is 0.374. The topological polar surface area (TPSA) is 81.9 Å². The summed E-state index contributed by atoms with van der Waals surface area (Å²) in [5.41, 5.74) is 1.02. The normalized spacial score (nSPS) is 15.1. The van der Waals surface area contributed by atoms with Crippen molar-refractivity contribution >= 4 is 38.6 Å². The van der Waals surface area contributed by atoms with E-state index in [9.17, 15) is 9.59 Å². The molecule has 33 heavy (non-hydrogen) atoms. The first-order valence-electron chi connectivity index (χ1n) is 10.3. The fraction of sp³-hybridized carbons (Fsp3) is 0.160. The minimum Gasteiger partial charge on any atom is -0.493 e. The van der Waals surface area contributed by atoms with Gasteiger partial charge >= 0.3 is 0 Å². The standard InChI is InChI=1S/C25H19BrN2O5/c1-3-32-18-9-7-14(12-19(18)31-2)22-21-23(29)16-13-15(26)8-10-17(16)33-24(21)25(30)28(22)20-6-4-5-11-27-20/h4-13,22H,3H2,1-2H3. The highest BCUT2D eigenvalue weighted by Crippen LogP contribution is 2.42. The summed E-state index contributed by atoms with van der Waals surface area (Å²) in [7, 11) is 1.55. The van der Waals surface area contributed by atoms with Crippen LogP contribution in [0.15, 0.2) is 74.5 Å². The summed E-state index contributed by atoms with van der Waals surface area (Å²) in [6.45, 7) is 2.36. The second kappa shape index (κ2) is 8.37. The van der Waals surface area contributed by atoms with Crippen LogP contribution in [0.1, 0.15) is 34.6 Å². The van der Waals surface area contributed by atoms with Gasteiger partial charge < -0.3 is 13.9 Å². The third-order valence-corrected chi connectivity index (χ3v) is 6.02. The van der Waals surface area contributed by atoms with Crippen LogP contribution in [0.25, 0.3) is 11.0 Å². The molecule has 1 atom stereocenters. The Morgan fingerprint density at radius 2 is 1.94 bits per heavy atom. The molecule has 2 aromatic carbocycles. The van der Waals surface area contributed by atoms with Crippen molar-refractivity contribution in [3.05, 3.63) is 92.4 Å². The fourth-order valence-corrected chi connectivity index (χ4v) is 4.48. The van der Waals surface area contributed by atoms with Gasteiger partial charge in [0.1, 0.15) is 11.4 Å². The third kappa shape index (κ3) is 3.47. The molecule has 0 N–H and O–H groups in total. The summed E-state index contributed by atoms with van der Waals surface area (Å²) in [4.78, 5) is 33.1. The minimum atomic E-state index is -0.744. The van der Waals surface area contributed by atoms with Crippen molar-refractivity contribution < 1.29 is 18.7 Å². The maximum absolute atomic E-state index is 13.7. The Kier molecular flexibility index (Phi) is 5.38. The van der Waals surface area contributed by atoms with Crippen LogP contribution in [0, 0.1) is 0 Å². The highest BCUT2D eigenvalue weighted by molar-refractivity contribution is 9.10. The van der Waals surface area contributed by atoms with E-state index >= 15 is 0 Å². The van der Waals surface area contributed by atoms with Crippen LogP contribution in [0.4, 0.5) is 5.82 Å². The minimum absolute atomic E-state index is 0.0123. The molecule has 166 valence electrons. The summed E-state index contributed by atoms with van der Waals surface area (Å²) < 4.78 is 17.9. The molecule has 3 heterocycles. The van der Waals surface area contributed by atoms with Gasteiger partial charge in [0.05, 0.1) is 30.7 Å². The SMILES string of the molecule is CCOc1ccc(C2c3c(oc4ccc(Br)cc4c3=O)C(=O)N2c2ccccn2)cc1OC. The number of benzene rings is 2. The lowest BCUT2D eigenvalue weighted by Gasteiger charge is -2.24. The number of carbonyl (C=O) groups excluding carboxylic acids is 1. The molecule has 4 aromatic rings. The summed E-state index contributed by atoms with van der Waals surface area (Å²) in [6, 6.07) is 15.0. The van der Waals surface area contributed by atoms with E-state index in [4.69, 9.17) is 13.9 Å². The molecule has 0 fully saturated rings. The summed E-state index contributed by atoms with van der Waals surface area (Å²) in [5, 5.41) is 0.390. The Balaban J connectivity index is 1.79. The first-order chi connectivity index (χ1) is 16.0. The maximum Gasteiger partial charge on any atom is 0.296 e. The predicted octanol–water partition coefficient (Wildman–Crippen LogP) is 5.11. The Morgan fingerprint density at radius 3 is 2.67 bits per heavy atom. The number of ether oxygens (including phenoxy) is 2. The number of carbonyl (C=O) groups is 1. The van der Waals surface area contributed by atoms with E-state index < -0.39 is 11.9 Å². The van der Waals surface area contributed by atoms with Crippen LogP contribution in [-0.2, 0) is 0 Å². The van der Waals surface area contributed by atoms with Crippen molar-refractivity contribution in [1.82, 2.24) is 4.98 Å². The molecule has 0 aliphatic carbocycles. The molecule has 1 aliphatic rings. The number of anilines is 1. The number of rotatable bonds is 5. The van der Waals surface area contributed by atoms with Gasteiger partial charge in [-0.2, -0.15) is 0 Å². The van der Waals surface area contributed by atoms with Gasteiger partial charge in [-0.05, 0) is 55.0 Å². The van der Waals surface area contributed by atoms with E-state index in [0.717, 1.165) is 4.47 Å². The first-order valence-corrected chi connectivity index (χ1v) is 11.1. The molecule has 2 aromatic heterocycles. The van der Waals surface area contributed by atoms with E-state index in [1.54, 1.807) is 61.8 Å². The number of nitrogens with zero attached hydrogens (tertiary/aromatic N) is 2. The molecule has 0 saturated heterocycles. The molecular weight excluding hydrogens is 488 g/mol. The second-order valence-electron chi connectivity index (χ2n) is 7.42. The van der Waals surface area contributed by atoms with Crippen LogP contribution >= 0.6 is 15.9 Å². The zero-order valence-corrected chi connectivity index (χ0v) is 19.5. The van der Waals surface area contributed by atoms with Crippen molar-refractivity contribution in [2.45, 2.75) is 13.0 Å². The summed E-state index contributed by atoms with van der Waals surface area (Å²) in [5.74, 6) is 1.08. The largest absolute Gasteiger partial charge is 0.493 e. The summed E-state index contributed by atoms with van der Waals surface area (Å²) in [6.07, 6.45) is 1.60. The van der Waals surface area contributed by atoms with Crippen LogP contribution < -0.4 is 19.8 Å². The smallest absolute Gasteiger partial charge is 0.296 e. The molecule has 8 heteroatoms. The molecule has 0 bridgehead atoms.